The zero-order valence-electron chi connectivity index (χ0n) is 32.2. The minimum absolute atomic E-state index is 0.895. The first kappa shape index (κ1) is 33.5. The number of anilines is 3. The predicted octanol–water partition coefficient (Wildman–Crippen LogP) is 14.2. The van der Waals surface area contributed by atoms with Crippen LogP contribution in [0.3, 0.4) is 0 Å². The second kappa shape index (κ2) is 13.5. The van der Waals surface area contributed by atoms with E-state index in [1.807, 2.05) is 6.07 Å². The van der Waals surface area contributed by atoms with Gasteiger partial charge in [0.2, 0.25) is 0 Å². The molecule has 0 amide bonds. The van der Waals surface area contributed by atoms with E-state index in [2.05, 4.69) is 199 Å². The molecule has 11 aromatic rings. The molecule has 0 saturated heterocycles. The molecule has 12 rings (SSSR count). The molecule has 278 valence electrons. The van der Waals surface area contributed by atoms with Gasteiger partial charge in [-0.05, 0) is 135 Å². The molecule has 9 aromatic carbocycles. The van der Waals surface area contributed by atoms with Crippen LogP contribution in [0.2, 0.25) is 0 Å². The summed E-state index contributed by atoms with van der Waals surface area (Å²) in [5.74, 6) is 0. The number of hydrogen-bond donors (Lipinski definition) is 0. The molecule has 2 heterocycles. The van der Waals surface area contributed by atoms with Gasteiger partial charge in [0, 0.05) is 43.8 Å². The zero-order chi connectivity index (χ0) is 38.9. The van der Waals surface area contributed by atoms with Crippen LogP contribution in [0, 0.1) is 0 Å². The average Bonchev–Trinajstić information content (AvgIpc) is 3.88. The predicted molar refractivity (Wildman–Crippen MR) is 246 cm³/mol. The van der Waals surface area contributed by atoms with E-state index in [0.29, 0.717) is 0 Å². The topological polar surface area (TPSA) is 29.5 Å². The highest BCUT2D eigenvalue weighted by atomic mass is 16.3. The lowest BCUT2D eigenvalue weighted by atomic mass is 9.94. The monoisotopic (exact) mass is 755 g/mol. The van der Waals surface area contributed by atoms with Crippen molar-refractivity contribution in [1.29, 1.82) is 0 Å². The van der Waals surface area contributed by atoms with Gasteiger partial charge in [-0.2, -0.15) is 0 Å². The normalized spacial score (nSPS) is 12.7. The Bertz CT molecular complexity index is 3540. The van der Waals surface area contributed by atoms with E-state index in [4.69, 9.17) is 8.83 Å². The Morgan fingerprint density at radius 1 is 0.390 bits per heavy atom. The van der Waals surface area contributed by atoms with Crippen molar-refractivity contribution in [1.82, 2.24) is 0 Å². The largest absolute Gasteiger partial charge is 0.456 e. The third kappa shape index (κ3) is 5.58. The Kier molecular flexibility index (Phi) is 7.67. The fraction of sp³-hybridized carbons (Fsp3) is 0.0357. The fourth-order valence-corrected chi connectivity index (χ4v) is 9.29. The van der Waals surface area contributed by atoms with E-state index in [-0.39, 0.29) is 0 Å². The van der Waals surface area contributed by atoms with Gasteiger partial charge in [0.05, 0.1) is 0 Å². The maximum Gasteiger partial charge on any atom is 0.143 e. The summed E-state index contributed by atoms with van der Waals surface area (Å²) in [7, 11) is 0. The number of para-hydroxylation sites is 2. The standard InChI is InChI=1S/C56H37NO2/c1-2-13-42(14-3-1)57(43-28-23-37(24-29-43)45-18-10-20-53-55(45)49-17-8-9-19-52(49)58-53)44-30-25-38(26-31-44)50-35-51-47-32-27-41(40-22-21-36-11-4-5-12-39(36)33-40)34-54(47)59-56(51)48-16-7-6-15-46(48)50/h1-9,11-17,19-35H,10,18H2. The van der Waals surface area contributed by atoms with Gasteiger partial charge < -0.3 is 13.7 Å². The van der Waals surface area contributed by atoms with Crippen LogP contribution in [0.25, 0.3) is 88.4 Å². The Balaban J connectivity index is 0.933. The van der Waals surface area contributed by atoms with Gasteiger partial charge in [-0.15, -0.1) is 0 Å². The highest BCUT2D eigenvalue weighted by molar-refractivity contribution is 6.19. The van der Waals surface area contributed by atoms with Gasteiger partial charge in [-0.1, -0.05) is 127 Å². The van der Waals surface area contributed by atoms with Gasteiger partial charge in [-0.25, -0.2) is 0 Å². The van der Waals surface area contributed by atoms with E-state index in [1.165, 1.54) is 49.0 Å². The zero-order valence-corrected chi connectivity index (χ0v) is 32.2. The molecule has 0 atom stereocenters. The third-order valence-electron chi connectivity index (χ3n) is 12.1. The number of rotatable bonds is 6. The molecular weight excluding hydrogens is 719 g/mol. The molecule has 0 saturated carbocycles. The molecule has 0 aliphatic heterocycles. The molecule has 2 aromatic heterocycles. The first-order chi connectivity index (χ1) is 29.2. The number of fused-ring (bicyclic) bond motifs is 9. The number of hydrogen-bond acceptors (Lipinski definition) is 3. The maximum absolute atomic E-state index is 6.72. The van der Waals surface area contributed by atoms with Gasteiger partial charge in [0.15, 0.2) is 0 Å². The first-order valence-electron chi connectivity index (χ1n) is 20.4. The van der Waals surface area contributed by atoms with E-state index < -0.39 is 0 Å². The molecule has 0 radical (unpaired) electrons. The minimum Gasteiger partial charge on any atom is -0.456 e. The van der Waals surface area contributed by atoms with Crippen molar-refractivity contribution in [2.45, 2.75) is 12.8 Å². The summed E-state index contributed by atoms with van der Waals surface area (Å²) in [4.78, 5) is 2.34. The highest BCUT2D eigenvalue weighted by Crippen LogP contribution is 2.42. The lowest BCUT2D eigenvalue weighted by Gasteiger charge is -2.26. The van der Waals surface area contributed by atoms with E-state index >= 15 is 0 Å². The highest BCUT2D eigenvalue weighted by Gasteiger charge is 2.19. The fourth-order valence-electron chi connectivity index (χ4n) is 9.29. The smallest absolute Gasteiger partial charge is 0.143 e. The molecule has 0 fully saturated rings. The summed E-state index contributed by atoms with van der Waals surface area (Å²) in [6, 6.07) is 69.8. The van der Waals surface area contributed by atoms with E-state index in [1.54, 1.807) is 0 Å². The molecule has 59 heavy (non-hydrogen) atoms. The lowest BCUT2D eigenvalue weighted by molar-refractivity contribution is 0.571. The summed E-state index contributed by atoms with van der Waals surface area (Å²) in [6.07, 6.45) is 4.19. The van der Waals surface area contributed by atoms with Crippen molar-refractivity contribution in [2.24, 2.45) is 0 Å². The van der Waals surface area contributed by atoms with Crippen LogP contribution in [-0.2, 0) is 0 Å². The van der Waals surface area contributed by atoms with Crippen molar-refractivity contribution in [3.05, 3.63) is 210 Å². The Morgan fingerprint density at radius 3 is 1.83 bits per heavy atom. The van der Waals surface area contributed by atoms with Gasteiger partial charge >= 0.3 is 0 Å². The molecule has 0 spiro atoms. The molecular formula is C56H37NO2. The van der Waals surface area contributed by atoms with Crippen molar-refractivity contribution < 1.29 is 8.83 Å². The van der Waals surface area contributed by atoms with E-state index in [9.17, 15) is 0 Å². The second-order valence-electron chi connectivity index (χ2n) is 15.5. The SMILES string of the molecule is C1=c2oc3ccccc3c2=C(c2ccc(N(c3ccccc3)c3ccc(-c4cc5c6ccc(-c7ccc8ccccc8c7)cc6oc5c5ccccc45)cc3)cc2)CC1. The minimum atomic E-state index is 0.895. The van der Waals surface area contributed by atoms with E-state index in [0.717, 1.165) is 79.4 Å². The van der Waals surface area contributed by atoms with Crippen LogP contribution in [0.15, 0.2) is 203 Å². The quantitative estimate of drug-likeness (QED) is 0.169. The molecule has 1 aliphatic carbocycles. The van der Waals surface area contributed by atoms with Gasteiger partial charge in [0.25, 0.3) is 0 Å². The summed E-state index contributed by atoms with van der Waals surface area (Å²) in [5, 5.41) is 9.42. The number of benzene rings is 9. The molecule has 0 unspecified atom stereocenters. The second-order valence-corrected chi connectivity index (χ2v) is 15.5. The Labute approximate surface area is 341 Å². The third-order valence-corrected chi connectivity index (χ3v) is 12.1. The Morgan fingerprint density at radius 2 is 1.02 bits per heavy atom. The lowest BCUT2D eigenvalue weighted by Crippen LogP contribution is -2.26. The molecule has 3 nitrogen and oxygen atoms in total. The maximum atomic E-state index is 6.72. The van der Waals surface area contributed by atoms with Crippen LogP contribution < -0.4 is 15.5 Å². The van der Waals surface area contributed by atoms with Crippen LogP contribution in [0.4, 0.5) is 17.1 Å². The summed E-state index contributed by atoms with van der Waals surface area (Å²) >= 11 is 0. The van der Waals surface area contributed by atoms with Crippen molar-refractivity contribution >= 4 is 83.2 Å². The average molecular weight is 756 g/mol. The van der Waals surface area contributed by atoms with Gasteiger partial charge in [0.1, 0.15) is 22.2 Å². The molecule has 1 aliphatic rings. The molecule has 0 N–H and O–H groups in total. The number of furan rings is 2. The van der Waals surface area contributed by atoms with Crippen molar-refractivity contribution in [3.8, 4) is 22.3 Å². The van der Waals surface area contributed by atoms with Gasteiger partial charge in [-0.3, -0.25) is 0 Å². The van der Waals surface area contributed by atoms with Crippen LogP contribution >= 0.6 is 0 Å². The van der Waals surface area contributed by atoms with Crippen LogP contribution in [0.5, 0.6) is 0 Å². The number of nitrogens with zero attached hydrogens (tertiary/aromatic N) is 1. The molecule has 3 heteroatoms. The van der Waals surface area contributed by atoms with Crippen LogP contribution in [-0.4, -0.2) is 0 Å². The summed E-state index contributed by atoms with van der Waals surface area (Å²) in [6.45, 7) is 0. The van der Waals surface area contributed by atoms with Crippen LogP contribution in [0.1, 0.15) is 18.4 Å². The summed E-state index contributed by atoms with van der Waals surface area (Å²) < 4.78 is 13.0. The molecule has 0 bridgehead atoms. The first-order valence-corrected chi connectivity index (χ1v) is 20.4. The van der Waals surface area contributed by atoms with Crippen molar-refractivity contribution in [2.75, 3.05) is 4.90 Å². The Hall–Kier alpha value is -7.62. The van der Waals surface area contributed by atoms with Crippen molar-refractivity contribution in [3.63, 3.8) is 0 Å². The summed E-state index contributed by atoms with van der Waals surface area (Å²) in [5.41, 5.74) is 14.3.